The minimum atomic E-state index is -2.79. The summed E-state index contributed by atoms with van der Waals surface area (Å²) in [6, 6.07) is 20.3. The number of amides is 1. The number of nitrogens with zero attached hydrogens (tertiary/aromatic N) is 1. The summed E-state index contributed by atoms with van der Waals surface area (Å²) in [7, 11) is -1.46. The Hall–Kier alpha value is -3.01. The summed E-state index contributed by atoms with van der Waals surface area (Å²) in [5, 5.41) is 12.6. The van der Waals surface area contributed by atoms with E-state index in [2.05, 4.69) is 76.2 Å². The van der Waals surface area contributed by atoms with E-state index in [4.69, 9.17) is 13.9 Å². The van der Waals surface area contributed by atoms with Crippen LogP contribution in [0.25, 0.3) is 0 Å². The summed E-state index contributed by atoms with van der Waals surface area (Å²) in [6.07, 6.45) is 4.13. The van der Waals surface area contributed by atoms with Crippen molar-refractivity contribution in [2.24, 2.45) is 5.92 Å². The molecule has 2 aromatic rings. The molecule has 1 heterocycles. The maximum Gasteiger partial charge on any atom is 0.411 e. The van der Waals surface area contributed by atoms with Gasteiger partial charge in [-0.25, -0.2) is 9.59 Å². The molecule has 2 aromatic carbocycles. The Kier molecular flexibility index (Phi) is 14.0. The molecule has 3 atom stereocenters. The van der Waals surface area contributed by atoms with Crippen LogP contribution in [0.15, 0.2) is 60.7 Å². The minimum Gasteiger partial charge on any atom is -0.467 e. The maximum atomic E-state index is 14.0. The van der Waals surface area contributed by atoms with Gasteiger partial charge in [-0.05, 0) is 80.6 Å². The number of benzene rings is 2. The molecule has 0 radical (unpaired) electrons. The monoisotopic (exact) mass is 681 g/mol. The molecular formula is C39H59NO7Si. The molecule has 3 rings (SSSR count). The first-order valence-corrected chi connectivity index (χ1v) is 19.6. The highest BCUT2D eigenvalue weighted by Gasteiger charge is 2.60. The van der Waals surface area contributed by atoms with Crippen LogP contribution in [0.5, 0.6) is 0 Å². The standard InChI is InChI=1S/C39H59NO7Si/c1-9-10-19-32(42)25-24-30(39(35(43)45-8)27-26-31(29-41)40(39)36(44)47-37(2,3)4)18-17-28-46-48(38(5,6)7,33-20-13-11-14-21-33)34-22-15-12-16-23-34/h11-16,20-23,30-31,41H,9-10,17-19,24-29H2,1-8H3/t30-,31+,39+/m1/s1. The van der Waals surface area contributed by atoms with Gasteiger partial charge in [-0.2, -0.15) is 0 Å². The van der Waals surface area contributed by atoms with Gasteiger partial charge in [0.05, 0.1) is 19.8 Å². The lowest BCUT2D eigenvalue weighted by Gasteiger charge is -2.45. The smallest absolute Gasteiger partial charge is 0.411 e. The van der Waals surface area contributed by atoms with E-state index >= 15 is 0 Å². The second-order valence-corrected chi connectivity index (χ2v) is 19.5. The Balaban J connectivity index is 2.02. The van der Waals surface area contributed by atoms with Crippen LogP contribution in [0.4, 0.5) is 4.79 Å². The summed E-state index contributed by atoms with van der Waals surface area (Å²) in [5.41, 5.74) is -2.19. The highest BCUT2D eigenvalue weighted by Crippen LogP contribution is 2.46. The first-order valence-electron chi connectivity index (χ1n) is 17.7. The first kappa shape index (κ1) is 39.4. The van der Waals surface area contributed by atoms with Crippen LogP contribution in [0.3, 0.4) is 0 Å². The number of rotatable bonds is 16. The minimum absolute atomic E-state index is 0.144. The van der Waals surface area contributed by atoms with E-state index < -0.39 is 43.5 Å². The molecule has 1 fully saturated rings. The highest BCUT2D eigenvalue weighted by atomic mass is 28.4. The van der Waals surface area contributed by atoms with Crippen LogP contribution in [0.2, 0.25) is 5.04 Å². The molecule has 1 saturated heterocycles. The predicted molar refractivity (Wildman–Crippen MR) is 193 cm³/mol. The van der Waals surface area contributed by atoms with Crippen molar-refractivity contribution in [3.05, 3.63) is 60.7 Å². The lowest BCUT2D eigenvalue weighted by Crippen LogP contribution is -2.66. The van der Waals surface area contributed by atoms with Crippen LogP contribution in [0.1, 0.15) is 106 Å². The number of likely N-dealkylation sites (tertiary alicyclic amines) is 1. The number of unbranched alkanes of at least 4 members (excludes halogenated alkanes) is 1. The Morgan fingerprint density at radius 1 is 0.917 bits per heavy atom. The Morgan fingerprint density at radius 3 is 1.98 bits per heavy atom. The third-order valence-electron chi connectivity index (χ3n) is 9.68. The van der Waals surface area contributed by atoms with Gasteiger partial charge in [0.15, 0.2) is 0 Å². The zero-order valence-corrected chi connectivity index (χ0v) is 31.6. The van der Waals surface area contributed by atoms with Gasteiger partial charge >= 0.3 is 12.1 Å². The summed E-state index contributed by atoms with van der Waals surface area (Å²) in [4.78, 5) is 42.2. The number of aliphatic hydroxyl groups is 1. The van der Waals surface area contributed by atoms with Crippen molar-refractivity contribution in [1.29, 1.82) is 0 Å². The normalized spacial score (nSPS) is 19.2. The number of ketones is 1. The van der Waals surface area contributed by atoms with Gasteiger partial charge in [0.1, 0.15) is 16.9 Å². The van der Waals surface area contributed by atoms with Crippen LogP contribution in [-0.4, -0.2) is 73.7 Å². The van der Waals surface area contributed by atoms with Gasteiger partial charge < -0.3 is 19.0 Å². The molecule has 8 nitrogen and oxygen atoms in total. The average molecular weight is 682 g/mol. The molecule has 9 heteroatoms. The number of carbonyl (C=O) groups is 3. The van der Waals surface area contributed by atoms with E-state index in [-0.39, 0.29) is 17.4 Å². The predicted octanol–water partition coefficient (Wildman–Crippen LogP) is 6.80. The number of methoxy groups -OCH3 is 1. The van der Waals surface area contributed by atoms with Crippen molar-refractivity contribution in [2.75, 3.05) is 20.3 Å². The average Bonchev–Trinajstić information content (AvgIpc) is 3.45. The molecular weight excluding hydrogens is 623 g/mol. The van der Waals surface area contributed by atoms with Crippen LogP contribution >= 0.6 is 0 Å². The van der Waals surface area contributed by atoms with Crippen LogP contribution in [-0.2, 0) is 23.5 Å². The van der Waals surface area contributed by atoms with Gasteiger partial charge in [-0.1, -0.05) is 94.8 Å². The number of hydrogen-bond acceptors (Lipinski definition) is 7. The highest BCUT2D eigenvalue weighted by molar-refractivity contribution is 6.99. The van der Waals surface area contributed by atoms with E-state index in [0.29, 0.717) is 51.6 Å². The molecule has 48 heavy (non-hydrogen) atoms. The molecule has 0 spiro atoms. The van der Waals surface area contributed by atoms with Crippen molar-refractivity contribution < 1.29 is 33.4 Å². The quantitative estimate of drug-likeness (QED) is 0.118. The number of ether oxygens (including phenoxy) is 2. The lowest BCUT2D eigenvalue weighted by atomic mass is 9.75. The van der Waals surface area contributed by atoms with Gasteiger partial charge in [-0.15, -0.1) is 0 Å². The van der Waals surface area contributed by atoms with Crippen molar-refractivity contribution in [3.8, 4) is 0 Å². The molecule has 1 amide bonds. The fourth-order valence-corrected chi connectivity index (χ4v) is 12.1. The Morgan fingerprint density at radius 2 is 1.50 bits per heavy atom. The summed E-state index contributed by atoms with van der Waals surface area (Å²) in [5.74, 6) is -0.809. The summed E-state index contributed by atoms with van der Waals surface area (Å²) in [6.45, 7) is 14.2. The van der Waals surface area contributed by atoms with E-state index in [1.165, 1.54) is 22.4 Å². The second kappa shape index (κ2) is 17.1. The van der Waals surface area contributed by atoms with E-state index in [1.54, 1.807) is 20.8 Å². The second-order valence-electron chi connectivity index (χ2n) is 15.2. The molecule has 1 N–H and O–H groups in total. The SMILES string of the molecule is CCCCC(=O)CC[C@@H](CCCO[Si](c1ccccc1)(c1ccccc1)C(C)(C)C)[C@]1(C(=O)OC)CC[C@@H](CO)N1C(=O)OC(C)(C)C. The zero-order chi connectivity index (χ0) is 35.6. The molecule has 0 aliphatic carbocycles. The zero-order valence-electron chi connectivity index (χ0n) is 30.6. The molecule has 0 saturated carbocycles. The molecule has 266 valence electrons. The summed E-state index contributed by atoms with van der Waals surface area (Å²) < 4.78 is 18.4. The first-order chi connectivity index (χ1) is 22.7. The van der Waals surface area contributed by atoms with Gasteiger partial charge in [-0.3, -0.25) is 9.69 Å². The molecule has 0 unspecified atom stereocenters. The Bertz CT molecular complexity index is 1280. The van der Waals surface area contributed by atoms with Gasteiger partial charge in [0, 0.05) is 19.4 Å². The number of aliphatic hydroxyl groups excluding tert-OH is 1. The van der Waals surface area contributed by atoms with Gasteiger partial charge in [0.25, 0.3) is 8.32 Å². The fourth-order valence-electron chi connectivity index (χ4n) is 7.48. The van der Waals surface area contributed by atoms with Crippen molar-refractivity contribution in [1.82, 2.24) is 4.90 Å². The third-order valence-corrected chi connectivity index (χ3v) is 14.7. The number of Topliss-reactive ketones (excluding diaryl/α,β-unsaturated/α-hetero) is 1. The Labute approximate surface area is 289 Å². The molecule has 1 aliphatic heterocycles. The fraction of sp³-hybridized carbons (Fsp3) is 0.615. The topological polar surface area (TPSA) is 102 Å². The van der Waals surface area contributed by atoms with Crippen LogP contribution in [0, 0.1) is 5.92 Å². The number of carbonyl (C=O) groups excluding carboxylic acids is 3. The molecule has 0 aromatic heterocycles. The molecule has 0 bridgehead atoms. The van der Waals surface area contributed by atoms with E-state index in [0.717, 1.165) is 12.8 Å². The van der Waals surface area contributed by atoms with Crippen molar-refractivity contribution >= 4 is 36.5 Å². The number of esters is 1. The summed E-state index contributed by atoms with van der Waals surface area (Å²) >= 11 is 0. The number of hydrogen-bond donors (Lipinski definition) is 1. The van der Waals surface area contributed by atoms with Crippen LogP contribution < -0.4 is 10.4 Å². The maximum absolute atomic E-state index is 14.0. The van der Waals surface area contributed by atoms with Crippen molar-refractivity contribution in [2.45, 2.75) is 128 Å². The van der Waals surface area contributed by atoms with E-state index in [1.807, 2.05) is 12.1 Å². The largest absolute Gasteiger partial charge is 0.467 e. The van der Waals surface area contributed by atoms with Crippen molar-refractivity contribution in [3.63, 3.8) is 0 Å². The lowest BCUT2D eigenvalue weighted by molar-refractivity contribution is -0.159. The van der Waals surface area contributed by atoms with Gasteiger partial charge in [0.2, 0.25) is 0 Å². The third kappa shape index (κ3) is 8.96. The molecule has 1 aliphatic rings. The van der Waals surface area contributed by atoms with E-state index in [9.17, 15) is 19.5 Å².